The Morgan fingerprint density at radius 1 is 0.958 bits per heavy atom. The lowest BCUT2D eigenvalue weighted by atomic mass is 10.2. The highest BCUT2D eigenvalue weighted by molar-refractivity contribution is 6.33. The number of hydrogen-bond donors (Lipinski definition) is 2. The molecular formula is C17H17ClN2O4. The Hall–Kier alpha value is -2.73. The minimum Gasteiger partial charge on any atom is -0.497 e. The number of hydrogen-bond acceptors (Lipinski definition) is 4. The molecule has 0 bridgehead atoms. The Labute approximate surface area is 144 Å². The second-order valence-corrected chi connectivity index (χ2v) is 5.23. The van der Waals surface area contributed by atoms with Crippen molar-refractivity contribution in [3.05, 3.63) is 47.5 Å². The van der Waals surface area contributed by atoms with E-state index in [0.29, 0.717) is 27.9 Å². The van der Waals surface area contributed by atoms with Gasteiger partial charge in [0.1, 0.15) is 17.9 Å². The van der Waals surface area contributed by atoms with Gasteiger partial charge in [-0.05, 0) is 24.3 Å². The lowest BCUT2D eigenvalue weighted by Crippen LogP contribution is -2.21. The number of carbonyl (C=O) groups is 2. The van der Waals surface area contributed by atoms with Gasteiger partial charge in [0.05, 0.1) is 30.6 Å². The Morgan fingerprint density at radius 3 is 2.25 bits per heavy atom. The number of halogens is 1. The molecule has 0 saturated heterocycles. The Kier molecular flexibility index (Phi) is 6.03. The van der Waals surface area contributed by atoms with Gasteiger partial charge in [0, 0.05) is 6.07 Å². The molecule has 2 aromatic rings. The van der Waals surface area contributed by atoms with Gasteiger partial charge < -0.3 is 20.1 Å². The monoisotopic (exact) mass is 348 g/mol. The van der Waals surface area contributed by atoms with Crippen LogP contribution in [0, 0.1) is 0 Å². The van der Waals surface area contributed by atoms with Gasteiger partial charge in [-0.1, -0.05) is 23.7 Å². The fraction of sp³-hybridized carbons (Fsp3) is 0.176. The van der Waals surface area contributed by atoms with Gasteiger partial charge in [-0.3, -0.25) is 9.59 Å². The van der Waals surface area contributed by atoms with Crippen LogP contribution in [-0.2, 0) is 9.59 Å². The Balaban J connectivity index is 1.98. The van der Waals surface area contributed by atoms with Gasteiger partial charge in [-0.2, -0.15) is 0 Å². The van der Waals surface area contributed by atoms with Gasteiger partial charge in [-0.15, -0.1) is 0 Å². The van der Waals surface area contributed by atoms with E-state index in [-0.39, 0.29) is 6.42 Å². The first-order valence-electron chi connectivity index (χ1n) is 7.09. The summed E-state index contributed by atoms with van der Waals surface area (Å²) in [6.45, 7) is 0. The van der Waals surface area contributed by atoms with Crippen LogP contribution in [0.4, 0.5) is 11.4 Å². The summed E-state index contributed by atoms with van der Waals surface area (Å²) >= 11 is 5.96. The molecule has 0 fully saturated rings. The molecule has 2 aromatic carbocycles. The van der Waals surface area contributed by atoms with Crippen molar-refractivity contribution in [1.82, 2.24) is 0 Å². The summed E-state index contributed by atoms with van der Waals surface area (Å²) in [6.07, 6.45) is -0.347. The minimum absolute atomic E-state index is 0.347. The largest absolute Gasteiger partial charge is 0.497 e. The van der Waals surface area contributed by atoms with Crippen LogP contribution in [0.2, 0.25) is 5.02 Å². The SMILES string of the molecule is COc1ccc(NC(=O)CC(=O)Nc2ccccc2Cl)c(OC)c1. The van der Waals surface area contributed by atoms with Crippen molar-refractivity contribution in [3.8, 4) is 11.5 Å². The zero-order valence-electron chi connectivity index (χ0n) is 13.3. The third-order valence-corrected chi connectivity index (χ3v) is 3.48. The van der Waals surface area contributed by atoms with E-state index in [1.54, 1.807) is 42.5 Å². The average Bonchev–Trinajstić information content (AvgIpc) is 2.57. The number of benzene rings is 2. The molecule has 2 rings (SSSR count). The first kappa shape index (κ1) is 17.6. The van der Waals surface area contributed by atoms with E-state index in [0.717, 1.165) is 0 Å². The second kappa shape index (κ2) is 8.21. The standard InChI is InChI=1S/C17H17ClN2O4/c1-23-11-7-8-14(15(9-11)24-2)20-17(22)10-16(21)19-13-6-4-3-5-12(13)18/h3-9H,10H2,1-2H3,(H,19,21)(H,20,22). The van der Waals surface area contributed by atoms with Crippen LogP contribution < -0.4 is 20.1 Å². The molecule has 0 radical (unpaired) electrons. The topological polar surface area (TPSA) is 76.7 Å². The minimum atomic E-state index is -0.469. The molecule has 0 aliphatic heterocycles. The molecule has 0 unspecified atom stereocenters. The van der Waals surface area contributed by atoms with Crippen LogP contribution in [0.25, 0.3) is 0 Å². The zero-order chi connectivity index (χ0) is 17.5. The van der Waals surface area contributed by atoms with Crippen molar-refractivity contribution < 1.29 is 19.1 Å². The lowest BCUT2D eigenvalue weighted by Gasteiger charge is -2.12. The number of nitrogens with one attached hydrogen (secondary N) is 2. The lowest BCUT2D eigenvalue weighted by molar-refractivity contribution is -0.123. The van der Waals surface area contributed by atoms with Gasteiger partial charge >= 0.3 is 0 Å². The van der Waals surface area contributed by atoms with Crippen molar-refractivity contribution in [1.29, 1.82) is 0 Å². The number of rotatable bonds is 6. The maximum atomic E-state index is 12.0. The maximum absolute atomic E-state index is 12.0. The summed E-state index contributed by atoms with van der Waals surface area (Å²) < 4.78 is 10.3. The van der Waals surface area contributed by atoms with Crippen LogP contribution in [0.1, 0.15) is 6.42 Å². The van der Waals surface area contributed by atoms with Crippen molar-refractivity contribution in [2.75, 3.05) is 24.9 Å². The molecule has 2 amide bonds. The maximum Gasteiger partial charge on any atom is 0.233 e. The number of methoxy groups -OCH3 is 2. The summed E-state index contributed by atoms with van der Waals surface area (Å²) in [6, 6.07) is 11.8. The van der Waals surface area contributed by atoms with Crippen molar-refractivity contribution in [3.63, 3.8) is 0 Å². The molecule has 0 atom stereocenters. The molecule has 2 N–H and O–H groups in total. The van der Waals surface area contributed by atoms with Crippen molar-refractivity contribution in [2.24, 2.45) is 0 Å². The summed E-state index contributed by atoms with van der Waals surface area (Å²) in [5, 5.41) is 5.63. The fourth-order valence-corrected chi connectivity index (χ4v) is 2.18. The van der Waals surface area contributed by atoms with E-state index >= 15 is 0 Å². The molecule has 0 aliphatic carbocycles. The predicted molar refractivity (Wildman–Crippen MR) is 92.9 cm³/mol. The van der Waals surface area contributed by atoms with E-state index in [4.69, 9.17) is 21.1 Å². The highest BCUT2D eigenvalue weighted by atomic mass is 35.5. The number of para-hydroxylation sites is 1. The molecule has 0 saturated carbocycles. The Bertz CT molecular complexity index is 749. The van der Waals surface area contributed by atoms with E-state index in [1.165, 1.54) is 14.2 Å². The van der Waals surface area contributed by atoms with Gasteiger partial charge in [-0.25, -0.2) is 0 Å². The molecule has 0 spiro atoms. The van der Waals surface area contributed by atoms with Crippen LogP contribution in [-0.4, -0.2) is 26.0 Å². The molecule has 24 heavy (non-hydrogen) atoms. The van der Waals surface area contributed by atoms with E-state index < -0.39 is 11.8 Å². The van der Waals surface area contributed by atoms with E-state index in [1.807, 2.05) is 0 Å². The number of carbonyl (C=O) groups excluding carboxylic acids is 2. The first-order chi connectivity index (χ1) is 11.5. The summed E-state index contributed by atoms with van der Waals surface area (Å²) in [5.41, 5.74) is 0.910. The summed E-state index contributed by atoms with van der Waals surface area (Å²) in [4.78, 5) is 24.0. The molecule has 7 heteroatoms. The smallest absolute Gasteiger partial charge is 0.233 e. The van der Waals surface area contributed by atoms with E-state index in [9.17, 15) is 9.59 Å². The quantitative estimate of drug-likeness (QED) is 0.785. The van der Waals surface area contributed by atoms with Crippen molar-refractivity contribution in [2.45, 2.75) is 6.42 Å². The zero-order valence-corrected chi connectivity index (χ0v) is 14.0. The fourth-order valence-electron chi connectivity index (χ4n) is 2.00. The first-order valence-corrected chi connectivity index (χ1v) is 7.47. The highest BCUT2D eigenvalue weighted by Gasteiger charge is 2.13. The van der Waals surface area contributed by atoms with Crippen LogP contribution >= 0.6 is 11.6 Å². The third kappa shape index (κ3) is 4.63. The molecule has 6 nitrogen and oxygen atoms in total. The van der Waals surface area contributed by atoms with Crippen LogP contribution in [0.3, 0.4) is 0 Å². The second-order valence-electron chi connectivity index (χ2n) is 4.82. The molecule has 0 aliphatic rings. The van der Waals surface area contributed by atoms with Gasteiger partial charge in [0.15, 0.2) is 0 Å². The summed E-state index contributed by atoms with van der Waals surface area (Å²) in [7, 11) is 3.01. The highest BCUT2D eigenvalue weighted by Crippen LogP contribution is 2.29. The average molecular weight is 349 g/mol. The molecule has 0 heterocycles. The molecular weight excluding hydrogens is 332 g/mol. The number of anilines is 2. The normalized spacial score (nSPS) is 9.96. The van der Waals surface area contributed by atoms with Gasteiger partial charge in [0.25, 0.3) is 0 Å². The Morgan fingerprint density at radius 2 is 1.62 bits per heavy atom. The third-order valence-electron chi connectivity index (χ3n) is 3.15. The summed E-state index contributed by atoms with van der Waals surface area (Å²) in [5.74, 6) is 0.103. The van der Waals surface area contributed by atoms with Crippen LogP contribution in [0.5, 0.6) is 11.5 Å². The van der Waals surface area contributed by atoms with E-state index in [2.05, 4.69) is 10.6 Å². The van der Waals surface area contributed by atoms with Crippen LogP contribution in [0.15, 0.2) is 42.5 Å². The molecule has 126 valence electrons. The van der Waals surface area contributed by atoms with Gasteiger partial charge in [0.2, 0.25) is 11.8 Å². The number of amides is 2. The molecule has 0 aromatic heterocycles. The van der Waals surface area contributed by atoms with Crippen molar-refractivity contribution >= 4 is 34.8 Å². The number of ether oxygens (including phenoxy) is 2. The predicted octanol–water partition coefficient (Wildman–Crippen LogP) is 3.32.